The number of hydrogen-bond donors (Lipinski definition) is 0. The van der Waals surface area contributed by atoms with E-state index in [-0.39, 0.29) is 0 Å². The minimum Gasteiger partial charge on any atom is -0.375 e. The zero-order valence-corrected chi connectivity index (χ0v) is 4.67. The molecule has 0 aromatic heterocycles. The highest BCUT2D eigenvalue weighted by Crippen LogP contribution is 2.24. The molecule has 1 radical (unpaired) electrons. The van der Waals surface area contributed by atoms with E-state index in [1.807, 2.05) is 0 Å². The van der Waals surface area contributed by atoms with Crippen LogP contribution in [0.5, 0.6) is 0 Å². The fourth-order valence-electron chi connectivity index (χ4n) is 0.979. The Bertz CT molecular complexity index is 72.5. The third-order valence-electron chi connectivity index (χ3n) is 1.72. The number of ether oxygens (including phenoxy) is 2. The maximum absolute atomic E-state index is 5.18. The Morgan fingerprint density at radius 1 is 1.38 bits per heavy atom. The lowest BCUT2D eigenvalue weighted by Crippen LogP contribution is -2.46. The first-order valence-corrected chi connectivity index (χ1v) is 3.03. The number of hydrogen-bond acceptors (Lipinski definition) is 2. The topological polar surface area (TPSA) is 18.5 Å². The van der Waals surface area contributed by atoms with Gasteiger partial charge in [0, 0.05) is 13.0 Å². The molecule has 8 heavy (non-hydrogen) atoms. The molecule has 0 saturated carbocycles. The first-order valence-electron chi connectivity index (χ1n) is 3.03. The molecule has 0 spiro atoms. The average molecular weight is 113 g/mol. The summed E-state index contributed by atoms with van der Waals surface area (Å²) in [5, 5.41) is 0. The third kappa shape index (κ3) is 0.565. The lowest BCUT2D eigenvalue weighted by Gasteiger charge is -2.38. The molecule has 2 fully saturated rings. The molecular formula is C6H9O2. The van der Waals surface area contributed by atoms with Gasteiger partial charge in [-0.1, -0.05) is 0 Å². The largest absolute Gasteiger partial charge is 0.375 e. The zero-order valence-electron chi connectivity index (χ0n) is 4.67. The van der Waals surface area contributed by atoms with Crippen molar-refractivity contribution >= 4 is 0 Å². The second-order valence-corrected chi connectivity index (χ2v) is 2.23. The van der Waals surface area contributed by atoms with Crippen LogP contribution in [0.1, 0.15) is 6.42 Å². The summed E-state index contributed by atoms with van der Waals surface area (Å²) in [4.78, 5) is 0. The van der Waals surface area contributed by atoms with Gasteiger partial charge < -0.3 is 9.47 Å². The van der Waals surface area contributed by atoms with Gasteiger partial charge in [0.1, 0.15) is 0 Å². The summed E-state index contributed by atoms with van der Waals surface area (Å²) in [5.41, 5.74) is 0. The van der Waals surface area contributed by atoms with Gasteiger partial charge in [0.15, 0.2) is 0 Å². The van der Waals surface area contributed by atoms with Crippen molar-refractivity contribution in [1.82, 2.24) is 0 Å². The second-order valence-electron chi connectivity index (χ2n) is 2.23. The Morgan fingerprint density at radius 2 is 2.12 bits per heavy atom. The van der Waals surface area contributed by atoms with Gasteiger partial charge in [-0.3, -0.25) is 0 Å². The lowest BCUT2D eigenvalue weighted by molar-refractivity contribution is -0.155. The molecule has 2 heterocycles. The van der Waals surface area contributed by atoms with Crippen molar-refractivity contribution in [1.29, 1.82) is 0 Å². The van der Waals surface area contributed by atoms with Crippen molar-refractivity contribution in [2.75, 3.05) is 13.2 Å². The highest BCUT2D eigenvalue weighted by molar-refractivity contribution is 4.94. The molecule has 0 aromatic rings. The second kappa shape index (κ2) is 1.71. The summed E-state index contributed by atoms with van der Waals surface area (Å²) in [7, 11) is 0. The predicted molar refractivity (Wildman–Crippen MR) is 28.4 cm³/mol. The highest BCUT2D eigenvalue weighted by atomic mass is 16.6. The molecule has 0 aromatic carbocycles. The van der Waals surface area contributed by atoms with Crippen LogP contribution in [0.25, 0.3) is 0 Å². The minimum absolute atomic E-state index is 0.337. The van der Waals surface area contributed by atoms with Crippen molar-refractivity contribution in [2.45, 2.75) is 18.6 Å². The van der Waals surface area contributed by atoms with E-state index in [1.54, 1.807) is 0 Å². The first kappa shape index (κ1) is 4.77. The van der Waals surface area contributed by atoms with E-state index in [0.29, 0.717) is 12.2 Å². The van der Waals surface area contributed by atoms with E-state index in [1.165, 1.54) is 6.42 Å². The molecule has 0 bridgehead atoms. The van der Waals surface area contributed by atoms with Gasteiger partial charge in [0.25, 0.3) is 0 Å². The quantitative estimate of drug-likeness (QED) is 0.489. The maximum Gasteiger partial charge on any atom is 0.0892 e. The van der Waals surface area contributed by atoms with Crippen LogP contribution in [0.4, 0.5) is 0 Å². The molecule has 0 aliphatic carbocycles. The van der Waals surface area contributed by atoms with E-state index >= 15 is 0 Å². The minimum atomic E-state index is 0.337. The monoisotopic (exact) mass is 113 g/mol. The summed E-state index contributed by atoms with van der Waals surface area (Å²) < 4.78 is 10.3. The molecule has 2 saturated heterocycles. The fraction of sp³-hybridized carbons (Fsp3) is 0.833. The van der Waals surface area contributed by atoms with Crippen LogP contribution in [-0.2, 0) is 9.47 Å². The summed E-state index contributed by atoms with van der Waals surface area (Å²) in [6.07, 6.45) is 4.08. The Balaban J connectivity index is 1.79. The standard InChI is InChI=1S/C6H9O2/c1-3-7-5(1)6-2-4-8-6/h1,5-6H,2-4H2. The van der Waals surface area contributed by atoms with Crippen LogP contribution in [0.15, 0.2) is 0 Å². The summed E-state index contributed by atoms with van der Waals surface area (Å²) >= 11 is 0. The van der Waals surface area contributed by atoms with Crippen LogP contribution in [-0.4, -0.2) is 25.4 Å². The van der Waals surface area contributed by atoms with Gasteiger partial charge in [0.2, 0.25) is 0 Å². The first-order chi connectivity index (χ1) is 3.97. The maximum atomic E-state index is 5.18. The Hall–Kier alpha value is -0.0800. The fourth-order valence-corrected chi connectivity index (χ4v) is 0.979. The normalized spacial score (nSPS) is 45.0. The van der Waals surface area contributed by atoms with Gasteiger partial charge in [-0.15, -0.1) is 0 Å². The van der Waals surface area contributed by atoms with Crippen LogP contribution in [0, 0.1) is 6.42 Å². The van der Waals surface area contributed by atoms with E-state index in [0.717, 1.165) is 13.2 Å². The molecule has 2 nitrogen and oxygen atoms in total. The molecule has 0 amide bonds. The van der Waals surface area contributed by atoms with Crippen LogP contribution < -0.4 is 0 Å². The van der Waals surface area contributed by atoms with Gasteiger partial charge in [-0.25, -0.2) is 0 Å². The highest BCUT2D eigenvalue weighted by Gasteiger charge is 2.33. The van der Waals surface area contributed by atoms with Gasteiger partial charge in [-0.05, 0) is 6.42 Å². The average Bonchev–Trinajstić information content (AvgIpc) is 1.47. The van der Waals surface area contributed by atoms with Gasteiger partial charge in [-0.2, -0.15) is 0 Å². The molecule has 2 heteroatoms. The third-order valence-corrected chi connectivity index (χ3v) is 1.72. The molecule has 2 unspecified atom stereocenters. The van der Waals surface area contributed by atoms with Crippen LogP contribution in [0.3, 0.4) is 0 Å². The molecule has 45 valence electrons. The summed E-state index contributed by atoms with van der Waals surface area (Å²) in [6.45, 7) is 1.75. The Labute approximate surface area is 48.8 Å². The SMILES string of the molecule is [CH]1COC1C1CCO1. The van der Waals surface area contributed by atoms with E-state index < -0.39 is 0 Å². The van der Waals surface area contributed by atoms with Gasteiger partial charge >= 0.3 is 0 Å². The van der Waals surface area contributed by atoms with Crippen LogP contribution in [0.2, 0.25) is 0 Å². The molecule has 2 rings (SSSR count). The Morgan fingerprint density at radius 3 is 2.25 bits per heavy atom. The number of rotatable bonds is 1. The Kier molecular flexibility index (Phi) is 1.02. The molecule has 0 N–H and O–H groups in total. The summed E-state index contributed by atoms with van der Waals surface area (Å²) in [6, 6.07) is 0. The molecule has 2 atom stereocenters. The molecule has 2 aliphatic heterocycles. The van der Waals surface area contributed by atoms with Gasteiger partial charge in [0.05, 0.1) is 18.8 Å². The molecule has 2 aliphatic rings. The van der Waals surface area contributed by atoms with Crippen molar-refractivity contribution < 1.29 is 9.47 Å². The lowest BCUT2D eigenvalue weighted by atomic mass is 10.0. The predicted octanol–water partition coefficient (Wildman–Crippen LogP) is 0.378. The van der Waals surface area contributed by atoms with E-state index in [2.05, 4.69) is 6.42 Å². The van der Waals surface area contributed by atoms with Crippen molar-refractivity contribution in [3.8, 4) is 0 Å². The van der Waals surface area contributed by atoms with Crippen LogP contribution >= 0.6 is 0 Å². The molecular weight excluding hydrogens is 104 g/mol. The van der Waals surface area contributed by atoms with Crippen molar-refractivity contribution in [2.24, 2.45) is 0 Å². The van der Waals surface area contributed by atoms with Crippen molar-refractivity contribution in [3.63, 3.8) is 0 Å². The smallest absolute Gasteiger partial charge is 0.0892 e. The van der Waals surface area contributed by atoms with Crippen molar-refractivity contribution in [3.05, 3.63) is 6.42 Å². The zero-order chi connectivity index (χ0) is 5.40. The van der Waals surface area contributed by atoms with E-state index in [9.17, 15) is 0 Å². The summed E-state index contributed by atoms with van der Waals surface area (Å²) in [5.74, 6) is 0. The van der Waals surface area contributed by atoms with E-state index in [4.69, 9.17) is 9.47 Å².